The van der Waals surface area contributed by atoms with Crippen molar-refractivity contribution >= 4 is 0 Å². The number of rotatable bonds is 0. The lowest BCUT2D eigenvalue weighted by molar-refractivity contribution is 0.150. The Hall–Kier alpha value is -0.550. The van der Waals surface area contributed by atoms with Gasteiger partial charge in [-0.2, -0.15) is 5.26 Å². The monoisotopic (exact) mass is 180 g/mol. The maximum atomic E-state index is 8.81. The Morgan fingerprint density at radius 2 is 2.00 bits per heavy atom. The van der Waals surface area contributed by atoms with Crippen LogP contribution in [0.1, 0.15) is 34.1 Å². The third-order valence-electron chi connectivity index (χ3n) is 2.93. The molecule has 3 atom stereocenters. The van der Waals surface area contributed by atoms with Crippen molar-refractivity contribution in [3.63, 3.8) is 0 Å². The molecule has 74 valence electrons. The lowest BCUT2D eigenvalue weighted by Gasteiger charge is -2.41. The van der Waals surface area contributed by atoms with E-state index in [-0.39, 0.29) is 5.92 Å². The van der Waals surface area contributed by atoms with Crippen molar-refractivity contribution in [2.75, 3.05) is 6.54 Å². The Bertz CT molecular complexity index is 209. The first kappa shape index (κ1) is 10.5. The zero-order chi connectivity index (χ0) is 10.1. The third kappa shape index (κ3) is 2.45. The zero-order valence-electron chi connectivity index (χ0n) is 9.09. The van der Waals surface area contributed by atoms with Crippen LogP contribution in [0.25, 0.3) is 0 Å². The summed E-state index contributed by atoms with van der Waals surface area (Å²) in [6.07, 6.45) is 1.05. The molecule has 1 rings (SSSR count). The molecule has 0 saturated carbocycles. The lowest BCUT2D eigenvalue weighted by Crippen LogP contribution is -2.51. The molecule has 0 spiro atoms. The number of piperidine rings is 1. The predicted molar refractivity (Wildman–Crippen MR) is 54.1 cm³/mol. The summed E-state index contributed by atoms with van der Waals surface area (Å²) >= 11 is 0. The smallest absolute Gasteiger partial charge is 0.0669 e. The first-order chi connectivity index (χ1) is 5.95. The van der Waals surface area contributed by atoms with E-state index in [9.17, 15) is 0 Å². The number of nitrogens with zero attached hydrogens (tertiary/aromatic N) is 1. The zero-order valence-corrected chi connectivity index (χ0v) is 9.09. The van der Waals surface area contributed by atoms with Crippen LogP contribution in [0.4, 0.5) is 0 Å². The van der Waals surface area contributed by atoms with E-state index in [1.54, 1.807) is 0 Å². The Morgan fingerprint density at radius 3 is 2.38 bits per heavy atom. The van der Waals surface area contributed by atoms with Crippen molar-refractivity contribution in [2.45, 2.75) is 40.2 Å². The maximum Gasteiger partial charge on any atom is 0.0669 e. The molecule has 2 heteroatoms. The fourth-order valence-electron chi connectivity index (χ4n) is 2.40. The van der Waals surface area contributed by atoms with E-state index in [4.69, 9.17) is 5.26 Å². The molecule has 1 saturated heterocycles. The average molecular weight is 180 g/mol. The highest BCUT2D eigenvalue weighted by atomic mass is 15.0. The summed E-state index contributed by atoms with van der Waals surface area (Å²) in [5.41, 5.74) is 0.305. The highest BCUT2D eigenvalue weighted by Crippen LogP contribution is 2.31. The van der Waals surface area contributed by atoms with Gasteiger partial charge in [-0.25, -0.2) is 0 Å². The van der Waals surface area contributed by atoms with Crippen molar-refractivity contribution in [3.8, 4) is 6.07 Å². The van der Waals surface area contributed by atoms with Gasteiger partial charge in [-0.15, -0.1) is 0 Å². The Morgan fingerprint density at radius 1 is 1.38 bits per heavy atom. The Kier molecular flexibility index (Phi) is 2.98. The van der Waals surface area contributed by atoms with Crippen LogP contribution in [0, 0.1) is 28.6 Å². The fraction of sp³-hybridized carbons (Fsp3) is 0.909. The van der Waals surface area contributed by atoms with Crippen molar-refractivity contribution in [3.05, 3.63) is 0 Å². The predicted octanol–water partition coefficient (Wildman–Crippen LogP) is 2.17. The molecule has 1 aliphatic heterocycles. The Labute approximate surface area is 81.3 Å². The van der Waals surface area contributed by atoms with Gasteiger partial charge in [0.05, 0.1) is 12.0 Å². The molecule has 2 nitrogen and oxygen atoms in total. The van der Waals surface area contributed by atoms with Crippen LogP contribution in [0.2, 0.25) is 0 Å². The summed E-state index contributed by atoms with van der Waals surface area (Å²) in [4.78, 5) is 0. The SMILES string of the molecule is CC1CC(C#N)CNC1C(C)(C)C. The van der Waals surface area contributed by atoms with Crippen molar-refractivity contribution in [1.29, 1.82) is 5.26 Å². The topological polar surface area (TPSA) is 35.8 Å². The van der Waals surface area contributed by atoms with Gasteiger partial charge in [-0.05, 0) is 17.8 Å². The van der Waals surface area contributed by atoms with E-state index in [0.717, 1.165) is 13.0 Å². The standard InChI is InChI=1S/C11H20N2/c1-8-5-9(6-12)7-13-10(8)11(2,3)4/h8-10,13H,5,7H2,1-4H3. The molecule has 0 aromatic carbocycles. The molecule has 0 bridgehead atoms. The van der Waals surface area contributed by atoms with Crippen LogP contribution in [0.3, 0.4) is 0 Å². The molecule has 0 aromatic heterocycles. The molecular weight excluding hydrogens is 160 g/mol. The molecule has 0 radical (unpaired) electrons. The molecular formula is C11H20N2. The van der Waals surface area contributed by atoms with Crippen LogP contribution in [-0.2, 0) is 0 Å². The van der Waals surface area contributed by atoms with Crippen LogP contribution in [0.5, 0.6) is 0 Å². The molecule has 0 aromatic rings. The highest BCUT2D eigenvalue weighted by molar-refractivity contribution is 4.96. The van der Waals surface area contributed by atoms with Gasteiger partial charge < -0.3 is 5.32 Å². The number of hydrogen-bond donors (Lipinski definition) is 1. The summed E-state index contributed by atoms with van der Waals surface area (Å²) in [5, 5.41) is 12.3. The minimum Gasteiger partial charge on any atom is -0.312 e. The third-order valence-corrected chi connectivity index (χ3v) is 2.93. The molecule has 1 heterocycles. The van der Waals surface area contributed by atoms with E-state index in [1.165, 1.54) is 0 Å². The molecule has 0 aliphatic carbocycles. The van der Waals surface area contributed by atoms with Crippen LogP contribution >= 0.6 is 0 Å². The fourth-order valence-corrected chi connectivity index (χ4v) is 2.40. The van der Waals surface area contributed by atoms with Crippen molar-refractivity contribution < 1.29 is 0 Å². The number of nitriles is 1. The average Bonchev–Trinajstić information content (AvgIpc) is 2.01. The van der Waals surface area contributed by atoms with Crippen LogP contribution in [-0.4, -0.2) is 12.6 Å². The summed E-state index contributed by atoms with van der Waals surface area (Å²) in [5.74, 6) is 0.826. The maximum absolute atomic E-state index is 8.81. The van der Waals surface area contributed by atoms with E-state index in [0.29, 0.717) is 17.4 Å². The first-order valence-electron chi connectivity index (χ1n) is 5.08. The summed E-state index contributed by atoms with van der Waals surface area (Å²) in [6.45, 7) is 9.88. The van der Waals surface area contributed by atoms with Gasteiger partial charge in [-0.1, -0.05) is 27.7 Å². The van der Waals surface area contributed by atoms with Crippen molar-refractivity contribution in [1.82, 2.24) is 5.32 Å². The summed E-state index contributed by atoms with van der Waals surface area (Å²) in [6, 6.07) is 2.90. The molecule has 1 N–H and O–H groups in total. The van der Waals surface area contributed by atoms with E-state index >= 15 is 0 Å². The van der Waals surface area contributed by atoms with E-state index in [2.05, 4.69) is 39.1 Å². The second-order valence-corrected chi connectivity index (χ2v) is 5.29. The van der Waals surface area contributed by atoms with Gasteiger partial charge >= 0.3 is 0 Å². The molecule has 3 unspecified atom stereocenters. The Balaban J connectivity index is 2.60. The van der Waals surface area contributed by atoms with Gasteiger partial charge in [0.2, 0.25) is 0 Å². The van der Waals surface area contributed by atoms with Gasteiger partial charge in [0.25, 0.3) is 0 Å². The largest absolute Gasteiger partial charge is 0.312 e. The quantitative estimate of drug-likeness (QED) is 0.620. The van der Waals surface area contributed by atoms with Crippen LogP contribution < -0.4 is 5.32 Å². The molecule has 0 amide bonds. The van der Waals surface area contributed by atoms with Gasteiger partial charge in [0.15, 0.2) is 0 Å². The molecule has 1 fully saturated rings. The summed E-state index contributed by atoms with van der Waals surface area (Å²) < 4.78 is 0. The summed E-state index contributed by atoms with van der Waals surface area (Å²) in [7, 11) is 0. The minimum absolute atomic E-state index is 0.216. The van der Waals surface area contributed by atoms with Gasteiger partial charge in [0, 0.05) is 12.6 Å². The van der Waals surface area contributed by atoms with E-state index < -0.39 is 0 Å². The normalized spacial score (nSPS) is 35.5. The van der Waals surface area contributed by atoms with E-state index in [1.807, 2.05) is 0 Å². The second-order valence-electron chi connectivity index (χ2n) is 5.29. The minimum atomic E-state index is 0.216. The lowest BCUT2D eigenvalue weighted by atomic mass is 9.74. The molecule has 13 heavy (non-hydrogen) atoms. The number of hydrogen-bond acceptors (Lipinski definition) is 2. The highest BCUT2D eigenvalue weighted by Gasteiger charge is 2.34. The van der Waals surface area contributed by atoms with Gasteiger partial charge in [-0.3, -0.25) is 0 Å². The van der Waals surface area contributed by atoms with Crippen LogP contribution in [0.15, 0.2) is 0 Å². The second kappa shape index (κ2) is 3.67. The molecule has 1 aliphatic rings. The van der Waals surface area contributed by atoms with Crippen molar-refractivity contribution in [2.24, 2.45) is 17.3 Å². The first-order valence-corrected chi connectivity index (χ1v) is 5.08. The van der Waals surface area contributed by atoms with Gasteiger partial charge in [0.1, 0.15) is 0 Å². The number of nitrogens with one attached hydrogen (secondary N) is 1.